The van der Waals surface area contributed by atoms with E-state index in [1.807, 2.05) is 62.4 Å². The smallest absolute Gasteiger partial charge is 0.307 e. The van der Waals surface area contributed by atoms with E-state index in [2.05, 4.69) is 5.32 Å². The molecule has 1 amide bonds. The Bertz CT molecular complexity index is 701. The van der Waals surface area contributed by atoms with Gasteiger partial charge in [0.25, 0.3) is 5.91 Å². The highest BCUT2D eigenvalue weighted by Gasteiger charge is 2.09. The molecule has 0 saturated carbocycles. The highest BCUT2D eigenvalue weighted by Crippen LogP contribution is 2.19. The van der Waals surface area contributed by atoms with Gasteiger partial charge in [-0.3, -0.25) is 9.59 Å². The zero-order chi connectivity index (χ0) is 17.4. The molecule has 0 fully saturated rings. The summed E-state index contributed by atoms with van der Waals surface area (Å²) in [5.41, 5.74) is 2.86. The maximum atomic E-state index is 11.9. The number of carbonyl (C=O) groups is 2. The summed E-state index contributed by atoms with van der Waals surface area (Å²) in [5, 5.41) is 2.77. The molecule has 0 radical (unpaired) electrons. The fourth-order valence-corrected chi connectivity index (χ4v) is 2.91. The van der Waals surface area contributed by atoms with Crippen LogP contribution in [0.3, 0.4) is 0 Å². The van der Waals surface area contributed by atoms with Crippen LogP contribution in [0.2, 0.25) is 0 Å². The summed E-state index contributed by atoms with van der Waals surface area (Å²) in [6, 6.07) is 15.5. The van der Waals surface area contributed by atoms with Gasteiger partial charge in [-0.1, -0.05) is 30.3 Å². The van der Waals surface area contributed by atoms with Gasteiger partial charge in [0, 0.05) is 16.3 Å². The number of benzene rings is 2. The summed E-state index contributed by atoms with van der Waals surface area (Å²) >= 11 is 1.59. The van der Waals surface area contributed by atoms with E-state index in [0.717, 1.165) is 21.7 Å². The zero-order valence-electron chi connectivity index (χ0n) is 13.9. The number of esters is 1. The van der Waals surface area contributed by atoms with Crippen molar-refractivity contribution in [2.75, 3.05) is 17.7 Å². The van der Waals surface area contributed by atoms with Crippen LogP contribution in [0.4, 0.5) is 5.69 Å². The van der Waals surface area contributed by atoms with Crippen LogP contribution < -0.4 is 5.32 Å². The molecule has 1 N–H and O–H groups in total. The first kappa shape index (κ1) is 18.1. The molecular formula is C19H21NO3S. The molecule has 0 atom stereocenters. The Hall–Kier alpha value is -2.27. The molecule has 24 heavy (non-hydrogen) atoms. The Balaban J connectivity index is 1.69. The van der Waals surface area contributed by atoms with Crippen molar-refractivity contribution < 1.29 is 14.3 Å². The molecule has 0 unspecified atom stereocenters. The van der Waals surface area contributed by atoms with Gasteiger partial charge >= 0.3 is 5.97 Å². The third-order valence-electron chi connectivity index (χ3n) is 3.56. The second-order valence-electron chi connectivity index (χ2n) is 5.37. The second kappa shape index (κ2) is 9.13. The summed E-state index contributed by atoms with van der Waals surface area (Å²) in [5.74, 6) is -0.0659. The molecule has 0 saturated heterocycles. The van der Waals surface area contributed by atoms with Crippen LogP contribution in [-0.2, 0) is 14.3 Å². The minimum Gasteiger partial charge on any atom is -0.456 e. The quantitative estimate of drug-likeness (QED) is 0.610. The Morgan fingerprint density at radius 1 is 1.04 bits per heavy atom. The maximum Gasteiger partial charge on any atom is 0.307 e. The number of thioether (sulfide) groups is 1. The van der Waals surface area contributed by atoms with Gasteiger partial charge in [0.2, 0.25) is 0 Å². The van der Waals surface area contributed by atoms with Crippen molar-refractivity contribution in [1.82, 2.24) is 0 Å². The van der Waals surface area contributed by atoms with Crippen molar-refractivity contribution in [3.63, 3.8) is 0 Å². The molecule has 2 aromatic rings. The van der Waals surface area contributed by atoms with Crippen molar-refractivity contribution in [2.24, 2.45) is 0 Å². The van der Waals surface area contributed by atoms with Gasteiger partial charge in [0.1, 0.15) is 0 Å². The number of rotatable bonds is 7. The highest BCUT2D eigenvalue weighted by molar-refractivity contribution is 7.99. The number of ether oxygens (including phenoxy) is 1. The summed E-state index contributed by atoms with van der Waals surface area (Å²) in [6.07, 6.45) is 0.274. The van der Waals surface area contributed by atoms with Crippen LogP contribution >= 0.6 is 11.8 Å². The lowest BCUT2D eigenvalue weighted by Crippen LogP contribution is -2.21. The van der Waals surface area contributed by atoms with Crippen molar-refractivity contribution in [3.05, 3.63) is 59.7 Å². The monoisotopic (exact) mass is 343 g/mol. The lowest BCUT2D eigenvalue weighted by atomic mass is 10.1. The van der Waals surface area contributed by atoms with Gasteiger partial charge in [0.15, 0.2) is 6.61 Å². The predicted molar refractivity (Wildman–Crippen MR) is 97.3 cm³/mol. The predicted octanol–water partition coefficient (Wildman–Crippen LogP) is 3.97. The molecule has 0 heterocycles. The maximum absolute atomic E-state index is 11.9. The third-order valence-corrected chi connectivity index (χ3v) is 4.57. The van der Waals surface area contributed by atoms with Gasteiger partial charge in [-0.15, -0.1) is 11.8 Å². The lowest BCUT2D eigenvalue weighted by molar-refractivity contribution is -0.146. The standard InChI is InChI=1S/C19H21NO3S/c1-14-7-6-10-17(15(14)2)20-18(21)13-23-19(22)11-12-24-16-8-4-3-5-9-16/h3-10H,11-13H2,1-2H3,(H,20,21). The first-order valence-corrected chi connectivity index (χ1v) is 8.74. The fraction of sp³-hybridized carbons (Fsp3) is 0.263. The van der Waals surface area contributed by atoms with Gasteiger partial charge in [-0.2, -0.15) is 0 Å². The lowest BCUT2D eigenvalue weighted by Gasteiger charge is -2.10. The minimum atomic E-state index is -0.366. The molecule has 0 aliphatic carbocycles. The van der Waals surface area contributed by atoms with E-state index in [1.54, 1.807) is 11.8 Å². The van der Waals surface area contributed by atoms with E-state index in [4.69, 9.17) is 4.74 Å². The van der Waals surface area contributed by atoms with Crippen molar-refractivity contribution >= 4 is 29.3 Å². The molecule has 0 bridgehead atoms. The van der Waals surface area contributed by atoms with Gasteiger partial charge in [0.05, 0.1) is 6.42 Å². The Morgan fingerprint density at radius 3 is 2.54 bits per heavy atom. The normalized spacial score (nSPS) is 10.2. The third kappa shape index (κ3) is 5.74. The summed E-state index contributed by atoms with van der Waals surface area (Å²) in [7, 11) is 0. The van der Waals surface area contributed by atoms with E-state index in [0.29, 0.717) is 5.75 Å². The molecule has 4 nitrogen and oxygen atoms in total. The Kier molecular flexibility index (Phi) is 6.88. The van der Waals surface area contributed by atoms with Crippen molar-refractivity contribution in [1.29, 1.82) is 0 Å². The first-order valence-electron chi connectivity index (χ1n) is 7.76. The molecule has 0 aliphatic heterocycles. The van der Waals surface area contributed by atoms with E-state index in [9.17, 15) is 9.59 Å². The van der Waals surface area contributed by atoms with Crippen molar-refractivity contribution in [2.45, 2.75) is 25.2 Å². The van der Waals surface area contributed by atoms with Crippen LogP contribution in [0.15, 0.2) is 53.4 Å². The zero-order valence-corrected chi connectivity index (χ0v) is 14.7. The van der Waals surface area contributed by atoms with Crippen LogP contribution in [0.25, 0.3) is 0 Å². The number of aryl methyl sites for hydroxylation is 1. The molecule has 126 valence electrons. The van der Waals surface area contributed by atoms with Crippen LogP contribution in [0.1, 0.15) is 17.5 Å². The SMILES string of the molecule is Cc1cccc(NC(=O)COC(=O)CCSc2ccccc2)c1C. The Morgan fingerprint density at radius 2 is 1.79 bits per heavy atom. The molecule has 2 rings (SSSR count). The molecule has 0 aromatic heterocycles. The summed E-state index contributed by atoms with van der Waals surface area (Å²) < 4.78 is 5.02. The number of hydrogen-bond acceptors (Lipinski definition) is 4. The molecule has 2 aromatic carbocycles. The van der Waals surface area contributed by atoms with E-state index in [-0.39, 0.29) is 24.9 Å². The van der Waals surface area contributed by atoms with Crippen LogP contribution in [-0.4, -0.2) is 24.2 Å². The average molecular weight is 343 g/mol. The van der Waals surface area contributed by atoms with E-state index >= 15 is 0 Å². The van der Waals surface area contributed by atoms with Gasteiger partial charge < -0.3 is 10.1 Å². The average Bonchev–Trinajstić information content (AvgIpc) is 2.58. The van der Waals surface area contributed by atoms with Crippen LogP contribution in [0.5, 0.6) is 0 Å². The second-order valence-corrected chi connectivity index (χ2v) is 6.54. The highest BCUT2D eigenvalue weighted by atomic mass is 32.2. The van der Waals surface area contributed by atoms with E-state index < -0.39 is 0 Å². The minimum absolute atomic E-state index is 0.262. The number of hydrogen-bond donors (Lipinski definition) is 1. The summed E-state index contributed by atoms with van der Waals surface area (Å²) in [6.45, 7) is 3.66. The van der Waals surface area contributed by atoms with E-state index in [1.165, 1.54) is 0 Å². The number of anilines is 1. The fourth-order valence-electron chi connectivity index (χ4n) is 2.06. The largest absolute Gasteiger partial charge is 0.456 e. The van der Waals surface area contributed by atoms with Crippen molar-refractivity contribution in [3.8, 4) is 0 Å². The topological polar surface area (TPSA) is 55.4 Å². The Labute approximate surface area is 146 Å². The number of amides is 1. The molecule has 0 spiro atoms. The first-order chi connectivity index (χ1) is 11.6. The molecule has 5 heteroatoms. The van der Waals surface area contributed by atoms with Gasteiger partial charge in [-0.25, -0.2) is 0 Å². The number of carbonyl (C=O) groups excluding carboxylic acids is 2. The van der Waals surface area contributed by atoms with Gasteiger partial charge in [-0.05, 0) is 43.2 Å². The number of nitrogens with one attached hydrogen (secondary N) is 1. The molecule has 0 aliphatic rings. The molecular weight excluding hydrogens is 322 g/mol. The summed E-state index contributed by atoms with van der Waals surface area (Å²) in [4.78, 5) is 24.7. The van der Waals surface area contributed by atoms with Crippen LogP contribution in [0, 0.1) is 13.8 Å².